The van der Waals surface area contributed by atoms with Crippen molar-refractivity contribution >= 4 is 44.0 Å². The van der Waals surface area contributed by atoms with Gasteiger partial charge in [-0.15, -0.1) is 0 Å². The molecule has 0 saturated carbocycles. The van der Waals surface area contributed by atoms with Gasteiger partial charge in [0.1, 0.15) is 0 Å². The summed E-state index contributed by atoms with van der Waals surface area (Å²) in [7, 11) is -2.07. The largest absolute Gasteiger partial charge is 0.478 e. The van der Waals surface area contributed by atoms with Crippen LogP contribution in [-0.4, -0.2) is 33.0 Å². The molecule has 0 fully saturated rings. The molecule has 0 atom stereocenters. The molecule has 3 heterocycles. The van der Waals surface area contributed by atoms with Crippen molar-refractivity contribution in [2.24, 2.45) is 7.05 Å². The highest BCUT2D eigenvalue weighted by molar-refractivity contribution is 7.90. The normalized spacial score (nSPS) is 12.5. The Morgan fingerprint density at radius 3 is 2.53 bits per heavy atom. The van der Waals surface area contributed by atoms with Crippen LogP contribution in [0.1, 0.15) is 24.5 Å². The van der Waals surface area contributed by atoms with Crippen molar-refractivity contribution in [2.45, 2.75) is 25.2 Å². The van der Waals surface area contributed by atoms with E-state index in [0.717, 1.165) is 22.0 Å². The van der Waals surface area contributed by atoms with E-state index in [0.29, 0.717) is 34.3 Å². The number of carboxylic acids is 1. The van der Waals surface area contributed by atoms with Crippen molar-refractivity contribution in [3.05, 3.63) is 89.8 Å². The zero-order chi connectivity index (χ0) is 25.6. The molecule has 36 heavy (non-hydrogen) atoms. The van der Waals surface area contributed by atoms with Crippen LogP contribution in [0.15, 0.2) is 83.5 Å². The number of aliphatic carboxylic acids is 1. The molecule has 0 saturated heterocycles. The maximum Gasteiger partial charge on any atom is 0.331 e. The van der Waals surface area contributed by atoms with Gasteiger partial charge in [0.05, 0.1) is 10.6 Å². The third kappa shape index (κ3) is 3.89. The van der Waals surface area contributed by atoms with Crippen molar-refractivity contribution in [1.29, 1.82) is 0 Å². The molecule has 0 aliphatic rings. The zero-order valence-corrected chi connectivity index (χ0v) is 21.0. The van der Waals surface area contributed by atoms with Gasteiger partial charge < -0.3 is 9.67 Å². The molecular formula is C28H25N3O4S. The number of carboxylic acid groups (broad SMARTS) is 1. The summed E-state index contributed by atoms with van der Waals surface area (Å²) in [5, 5.41) is 11.0. The summed E-state index contributed by atoms with van der Waals surface area (Å²) in [5.41, 5.74) is 4.44. The quantitative estimate of drug-likeness (QED) is 0.306. The number of fused-ring (bicyclic) bond motifs is 2. The summed E-state index contributed by atoms with van der Waals surface area (Å²) in [6.07, 6.45) is 5.52. The summed E-state index contributed by atoms with van der Waals surface area (Å²) in [6.45, 7) is 3.71. The van der Waals surface area contributed by atoms with Gasteiger partial charge >= 0.3 is 5.97 Å². The first-order valence-electron chi connectivity index (χ1n) is 11.5. The third-order valence-corrected chi connectivity index (χ3v) is 8.08. The molecule has 5 rings (SSSR count). The number of carbonyl (C=O) groups is 1. The Morgan fingerprint density at radius 2 is 1.83 bits per heavy atom. The summed E-state index contributed by atoms with van der Waals surface area (Å²) in [6, 6.07) is 17.9. The lowest BCUT2D eigenvalue weighted by Gasteiger charge is -2.11. The molecule has 0 aliphatic heterocycles. The van der Waals surface area contributed by atoms with E-state index in [1.165, 1.54) is 3.97 Å². The number of benzene rings is 2. The summed E-state index contributed by atoms with van der Waals surface area (Å²) >= 11 is 0. The van der Waals surface area contributed by atoms with E-state index in [-0.39, 0.29) is 4.90 Å². The second-order valence-corrected chi connectivity index (χ2v) is 10.6. The summed E-state index contributed by atoms with van der Waals surface area (Å²) < 4.78 is 31.1. The minimum absolute atomic E-state index is 0.176. The average Bonchev–Trinajstić information content (AvgIpc) is 3.40. The highest BCUT2D eigenvalue weighted by Crippen LogP contribution is 2.37. The molecule has 1 N–H and O–H groups in total. The number of hydrogen-bond acceptors (Lipinski definition) is 4. The van der Waals surface area contributed by atoms with Crippen LogP contribution in [0.25, 0.3) is 39.3 Å². The lowest BCUT2D eigenvalue weighted by molar-refractivity contribution is -0.132. The molecule has 0 unspecified atom stereocenters. The smallest absolute Gasteiger partial charge is 0.331 e. The molecule has 5 aromatic rings. The SMILES string of the molecule is CCC(=Cc1ccc2c(c1)c(-c1cc3cccnc3n1S(=O)(=O)c1ccc(C)cc1)cn2C)C(=O)O. The van der Waals surface area contributed by atoms with Crippen molar-refractivity contribution in [3.63, 3.8) is 0 Å². The molecule has 8 heteroatoms. The van der Waals surface area contributed by atoms with Gasteiger partial charge in [-0.2, -0.15) is 0 Å². The minimum atomic E-state index is -3.97. The Labute approximate surface area is 209 Å². The zero-order valence-electron chi connectivity index (χ0n) is 20.1. The summed E-state index contributed by atoms with van der Waals surface area (Å²) in [4.78, 5) is 16.1. The maximum atomic E-state index is 13.9. The van der Waals surface area contributed by atoms with E-state index in [1.54, 1.807) is 49.5 Å². The van der Waals surface area contributed by atoms with Crippen molar-refractivity contribution in [1.82, 2.24) is 13.5 Å². The molecule has 0 aliphatic carbocycles. The Balaban J connectivity index is 1.80. The van der Waals surface area contributed by atoms with Gasteiger partial charge in [0.2, 0.25) is 0 Å². The van der Waals surface area contributed by atoms with E-state index in [4.69, 9.17) is 0 Å². The standard InChI is InChI=1S/C28H25N3O4S/c1-4-20(28(32)33)14-19-9-12-25-23(15-19)24(17-30(25)3)26-16-21-6-5-13-29-27(21)31(26)36(34,35)22-10-7-18(2)8-11-22/h5-17H,4H2,1-3H3,(H,32,33). The van der Waals surface area contributed by atoms with Crippen LogP contribution in [-0.2, 0) is 21.9 Å². The second-order valence-electron chi connectivity index (χ2n) is 8.79. The van der Waals surface area contributed by atoms with Gasteiger partial charge in [0, 0.05) is 46.9 Å². The fraction of sp³-hybridized carbons (Fsp3) is 0.143. The molecule has 0 amide bonds. The highest BCUT2D eigenvalue weighted by Gasteiger charge is 2.26. The monoisotopic (exact) mass is 499 g/mol. The lowest BCUT2D eigenvalue weighted by Crippen LogP contribution is -2.14. The van der Waals surface area contributed by atoms with E-state index in [9.17, 15) is 18.3 Å². The van der Waals surface area contributed by atoms with Gasteiger partial charge in [-0.1, -0.05) is 30.7 Å². The fourth-order valence-electron chi connectivity index (χ4n) is 4.48. The number of aryl methyl sites for hydroxylation is 2. The Bertz CT molecular complexity index is 1780. The van der Waals surface area contributed by atoms with Gasteiger partial charge in [0.15, 0.2) is 5.65 Å². The lowest BCUT2D eigenvalue weighted by atomic mass is 10.0. The molecular weight excluding hydrogens is 474 g/mol. The Hall–Kier alpha value is -4.17. The van der Waals surface area contributed by atoms with E-state index >= 15 is 0 Å². The second kappa shape index (κ2) is 8.80. The molecule has 0 spiro atoms. The number of rotatable bonds is 6. The maximum absolute atomic E-state index is 13.9. The Morgan fingerprint density at radius 1 is 1.08 bits per heavy atom. The van der Waals surface area contributed by atoms with Crippen LogP contribution in [0.5, 0.6) is 0 Å². The first-order chi connectivity index (χ1) is 17.2. The molecule has 3 aromatic heterocycles. The van der Waals surface area contributed by atoms with E-state index < -0.39 is 16.0 Å². The van der Waals surface area contributed by atoms with E-state index in [2.05, 4.69) is 4.98 Å². The van der Waals surface area contributed by atoms with Gasteiger partial charge in [-0.25, -0.2) is 22.2 Å². The van der Waals surface area contributed by atoms with E-state index in [1.807, 2.05) is 55.1 Å². The van der Waals surface area contributed by atoms with Gasteiger partial charge in [-0.05, 0) is 67.4 Å². The van der Waals surface area contributed by atoms with Gasteiger partial charge in [-0.3, -0.25) is 0 Å². The third-order valence-electron chi connectivity index (χ3n) is 6.37. The van der Waals surface area contributed by atoms with Gasteiger partial charge in [0.25, 0.3) is 10.0 Å². The fourth-order valence-corrected chi connectivity index (χ4v) is 5.96. The topological polar surface area (TPSA) is 94.2 Å². The first-order valence-corrected chi connectivity index (χ1v) is 13.0. The minimum Gasteiger partial charge on any atom is -0.478 e. The molecule has 0 bridgehead atoms. The molecule has 182 valence electrons. The van der Waals surface area contributed by atoms with Crippen LogP contribution in [0.3, 0.4) is 0 Å². The summed E-state index contributed by atoms with van der Waals surface area (Å²) in [5.74, 6) is -0.957. The number of hydrogen-bond donors (Lipinski definition) is 1. The molecule has 7 nitrogen and oxygen atoms in total. The number of nitrogens with zero attached hydrogens (tertiary/aromatic N) is 3. The van der Waals surface area contributed by atoms with Crippen LogP contribution in [0.2, 0.25) is 0 Å². The number of pyridine rings is 1. The van der Waals surface area contributed by atoms with Crippen molar-refractivity contribution in [2.75, 3.05) is 0 Å². The first kappa shape index (κ1) is 23.6. The predicted molar refractivity (Wildman–Crippen MR) is 141 cm³/mol. The number of aromatic nitrogens is 3. The Kier molecular flexibility index (Phi) is 5.76. The average molecular weight is 500 g/mol. The van der Waals surface area contributed by atoms with Crippen LogP contribution in [0, 0.1) is 6.92 Å². The van der Waals surface area contributed by atoms with Crippen LogP contribution < -0.4 is 0 Å². The van der Waals surface area contributed by atoms with Crippen molar-refractivity contribution in [3.8, 4) is 11.3 Å². The predicted octanol–water partition coefficient (Wildman–Crippen LogP) is 5.62. The van der Waals surface area contributed by atoms with Crippen molar-refractivity contribution < 1.29 is 18.3 Å². The highest BCUT2D eigenvalue weighted by atomic mass is 32.2. The van der Waals surface area contributed by atoms with Crippen LogP contribution in [0.4, 0.5) is 0 Å². The molecule has 2 aromatic carbocycles. The van der Waals surface area contributed by atoms with Crippen LogP contribution >= 0.6 is 0 Å². The molecule has 0 radical (unpaired) electrons.